The van der Waals surface area contributed by atoms with E-state index in [0.717, 1.165) is 44.8 Å². The molecule has 0 aliphatic heterocycles. The topological polar surface area (TPSA) is 168 Å². The Labute approximate surface area is 245 Å². The van der Waals surface area contributed by atoms with Gasteiger partial charge in [0.25, 0.3) is 0 Å². The number of hydrogen-bond donors (Lipinski definition) is 5. The Hall–Kier alpha value is -3.68. The fourth-order valence-electron chi connectivity index (χ4n) is 3.34. The van der Waals surface area contributed by atoms with Crippen LogP contribution in [0.1, 0.15) is 33.7 Å². The number of rotatable bonds is 13. The first-order chi connectivity index (χ1) is 19.3. The zero-order valence-corrected chi connectivity index (χ0v) is 24.3. The summed E-state index contributed by atoms with van der Waals surface area (Å²) in [4.78, 5) is 28.4. The summed E-state index contributed by atoms with van der Waals surface area (Å²) >= 11 is 3.95. The molecule has 5 N–H and O–H groups in total. The van der Waals surface area contributed by atoms with Crippen LogP contribution in [0.25, 0.3) is 0 Å². The highest BCUT2D eigenvalue weighted by Crippen LogP contribution is 2.19. The van der Waals surface area contributed by atoms with Crippen molar-refractivity contribution in [3.63, 3.8) is 0 Å². The molecule has 3 aromatic rings. The van der Waals surface area contributed by atoms with Crippen LogP contribution in [-0.2, 0) is 28.9 Å². The van der Waals surface area contributed by atoms with Crippen LogP contribution in [0.15, 0.2) is 53.5 Å². The lowest BCUT2D eigenvalue weighted by Crippen LogP contribution is -2.29. The fourth-order valence-corrected chi connectivity index (χ4v) is 5.86. The monoisotopic (exact) mass is 594 g/mol. The van der Waals surface area contributed by atoms with Crippen molar-refractivity contribution in [1.29, 1.82) is 16.2 Å². The van der Waals surface area contributed by atoms with Crippen molar-refractivity contribution in [2.75, 3.05) is 23.9 Å². The van der Waals surface area contributed by atoms with Gasteiger partial charge in [0.2, 0.25) is 16.9 Å². The van der Waals surface area contributed by atoms with Crippen LogP contribution in [-0.4, -0.2) is 63.2 Å². The average molecular weight is 595 g/mol. The molecule has 40 heavy (non-hydrogen) atoms. The molecule has 0 unspecified atom stereocenters. The summed E-state index contributed by atoms with van der Waals surface area (Å²) in [7, 11) is 1.70. The van der Waals surface area contributed by atoms with Gasteiger partial charge < -0.3 is 16.0 Å². The average Bonchev–Trinajstić information content (AvgIpc) is 3.36. The number of nitrogens with one attached hydrogen (secondary N) is 5. The highest BCUT2D eigenvalue weighted by Gasteiger charge is 2.11. The molecule has 0 saturated carbocycles. The molecule has 208 valence electrons. The Morgan fingerprint density at radius 3 is 2.25 bits per heavy atom. The minimum Gasteiger partial charge on any atom is -0.308 e. The summed E-state index contributed by atoms with van der Waals surface area (Å²) in [5.41, 5.74) is 3.43. The number of amidine groups is 1. The number of aliphatic imine (C=N–C) groups is 1. The number of carbonyl (C=O) groups is 2. The maximum Gasteiger partial charge on any atom is 0.230 e. The largest absolute Gasteiger partial charge is 0.308 e. The van der Waals surface area contributed by atoms with Gasteiger partial charge in [-0.15, -0.1) is 10.2 Å². The Kier molecular flexibility index (Phi) is 12.7. The number of aromatic nitrogens is 2. The molecule has 1 aromatic heterocycles. The second kappa shape index (κ2) is 16.4. The molecule has 0 aliphatic rings. The third-order valence-electron chi connectivity index (χ3n) is 5.26. The predicted octanol–water partition coefficient (Wildman–Crippen LogP) is 4.44. The van der Waals surface area contributed by atoms with Crippen LogP contribution in [0, 0.1) is 16.2 Å². The van der Waals surface area contributed by atoms with Crippen molar-refractivity contribution in [3.8, 4) is 0 Å². The van der Waals surface area contributed by atoms with Gasteiger partial charge in [0.1, 0.15) is 5.01 Å². The first kappa shape index (κ1) is 30.9. The van der Waals surface area contributed by atoms with Crippen molar-refractivity contribution in [2.24, 2.45) is 4.99 Å². The van der Waals surface area contributed by atoms with Gasteiger partial charge in [0.05, 0.1) is 17.9 Å². The molecule has 10 nitrogen and oxygen atoms in total. The smallest absolute Gasteiger partial charge is 0.230 e. The van der Waals surface area contributed by atoms with E-state index in [1.165, 1.54) is 17.6 Å². The highest BCUT2D eigenvalue weighted by atomic mass is 32.2. The van der Waals surface area contributed by atoms with E-state index in [1.54, 1.807) is 37.2 Å². The lowest BCUT2D eigenvalue weighted by atomic mass is 10.1. The van der Waals surface area contributed by atoms with Crippen LogP contribution in [0.3, 0.4) is 0 Å². The quantitative estimate of drug-likeness (QED) is 0.111. The maximum atomic E-state index is 12.3. The van der Waals surface area contributed by atoms with Gasteiger partial charge in [0.15, 0.2) is 5.17 Å². The van der Waals surface area contributed by atoms with Gasteiger partial charge in [-0.25, -0.2) is 0 Å². The van der Waals surface area contributed by atoms with Gasteiger partial charge >= 0.3 is 0 Å². The molecule has 0 spiro atoms. The lowest BCUT2D eigenvalue weighted by Gasteiger charge is -2.07. The van der Waals surface area contributed by atoms with Gasteiger partial charge in [-0.05, 0) is 45.5 Å². The first-order valence-corrected chi connectivity index (χ1v) is 15.1. The molecule has 0 bridgehead atoms. The predicted molar refractivity (Wildman–Crippen MR) is 167 cm³/mol. The molecular formula is C27H30N8O2S3. The molecule has 1 heterocycles. The lowest BCUT2D eigenvalue weighted by molar-refractivity contribution is -0.119. The molecule has 2 aromatic carbocycles. The van der Waals surface area contributed by atoms with E-state index in [-0.39, 0.29) is 29.8 Å². The van der Waals surface area contributed by atoms with Gasteiger partial charge in [0, 0.05) is 32.3 Å². The summed E-state index contributed by atoms with van der Waals surface area (Å²) in [6.45, 7) is 0. The van der Waals surface area contributed by atoms with Crippen molar-refractivity contribution < 1.29 is 9.59 Å². The number of anilines is 1. The second-order valence-electron chi connectivity index (χ2n) is 8.43. The van der Waals surface area contributed by atoms with E-state index >= 15 is 0 Å². The minimum absolute atomic E-state index is 0.0541. The van der Waals surface area contributed by atoms with Gasteiger partial charge in [-0.3, -0.25) is 25.4 Å². The highest BCUT2D eigenvalue weighted by molar-refractivity contribution is 8.26. The molecule has 3 rings (SSSR count). The summed E-state index contributed by atoms with van der Waals surface area (Å²) in [6, 6.07) is 14.7. The Balaban J connectivity index is 1.27. The van der Waals surface area contributed by atoms with Crippen LogP contribution >= 0.6 is 34.9 Å². The van der Waals surface area contributed by atoms with Crippen molar-refractivity contribution >= 4 is 74.4 Å². The van der Waals surface area contributed by atoms with Gasteiger partial charge in [-0.1, -0.05) is 59.9 Å². The summed E-state index contributed by atoms with van der Waals surface area (Å²) in [5, 5.41) is 38.3. The number of aryl methyl sites for hydroxylation is 1. The fraction of sp³-hybridized carbons (Fsp3) is 0.259. The minimum atomic E-state index is -0.290. The number of nitrogens with zero attached hydrogens (tertiary/aromatic N) is 3. The van der Waals surface area contributed by atoms with Crippen molar-refractivity contribution in [1.82, 2.24) is 15.5 Å². The summed E-state index contributed by atoms with van der Waals surface area (Å²) in [6.07, 6.45) is 4.56. The number of hydrogen-bond acceptors (Lipinski definition) is 11. The van der Waals surface area contributed by atoms with Crippen molar-refractivity contribution in [2.45, 2.75) is 25.7 Å². The number of amides is 2. The van der Waals surface area contributed by atoms with E-state index < -0.39 is 0 Å². The molecule has 13 heteroatoms. The molecule has 0 saturated heterocycles. The van der Waals surface area contributed by atoms with E-state index in [0.29, 0.717) is 28.8 Å². The summed E-state index contributed by atoms with van der Waals surface area (Å²) in [5.74, 6) is 1.03. The Morgan fingerprint density at radius 2 is 1.60 bits per heavy atom. The van der Waals surface area contributed by atoms with Crippen LogP contribution in [0.2, 0.25) is 0 Å². The van der Waals surface area contributed by atoms with Crippen LogP contribution in [0.5, 0.6) is 0 Å². The molecular weight excluding hydrogens is 565 g/mol. The third kappa shape index (κ3) is 11.2. The third-order valence-corrected chi connectivity index (χ3v) is 7.90. The standard InChI is InChI=1S/C27H30N8O2S3/c1-31-17-21-8-4-19(5-9-21)14-23(36)32-26(30)39-22(29)10-12-38-13-11-25-34-35-27(40-25)33-24(37)15-18-2-6-20(16-28)7-3-18/h2-9,16-17,28-29H,10-15H2,1H3,(H2,30,32,36)(H,33,35,37). The first-order valence-electron chi connectivity index (χ1n) is 12.3. The molecule has 0 fully saturated rings. The van der Waals surface area contributed by atoms with E-state index in [9.17, 15) is 9.59 Å². The van der Waals surface area contributed by atoms with Gasteiger partial charge in [-0.2, -0.15) is 11.8 Å². The number of thioether (sulfide) groups is 2. The maximum absolute atomic E-state index is 12.3. The van der Waals surface area contributed by atoms with E-state index in [2.05, 4.69) is 25.8 Å². The van der Waals surface area contributed by atoms with Crippen LogP contribution < -0.4 is 10.6 Å². The Morgan fingerprint density at radius 1 is 0.950 bits per heavy atom. The summed E-state index contributed by atoms with van der Waals surface area (Å²) < 4.78 is 0. The molecule has 0 aliphatic carbocycles. The number of carbonyl (C=O) groups excluding carboxylic acids is 2. The van der Waals surface area contributed by atoms with Crippen LogP contribution in [0.4, 0.5) is 5.13 Å². The Bertz CT molecular complexity index is 1350. The SMILES string of the molecule is CN=Cc1ccc(CC(=O)NC(=N)SC(=N)CCSCCc2nnc(NC(=O)Cc3ccc(C=N)cc3)s2)cc1. The molecule has 2 amide bonds. The normalized spacial score (nSPS) is 10.8. The molecule has 0 radical (unpaired) electrons. The van der Waals surface area contributed by atoms with E-state index in [4.69, 9.17) is 16.2 Å². The number of benzene rings is 2. The van der Waals surface area contributed by atoms with Crippen molar-refractivity contribution in [3.05, 3.63) is 75.8 Å². The zero-order chi connectivity index (χ0) is 28.7. The molecule has 0 atom stereocenters. The van der Waals surface area contributed by atoms with E-state index in [1.807, 2.05) is 36.4 Å². The second-order valence-corrected chi connectivity index (χ2v) is 11.8. The zero-order valence-electron chi connectivity index (χ0n) is 21.9.